The van der Waals surface area contributed by atoms with E-state index in [0.29, 0.717) is 11.6 Å². The van der Waals surface area contributed by atoms with Gasteiger partial charge in [-0.05, 0) is 43.7 Å². The first kappa shape index (κ1) is 15.4. The van der Waals surface area contributed by atoms with E-state index >= 15 is 0 Å². The number of benzene rings is 1. The maximum Gasteiger partial charge on any atom is 0.273 e. The first-order valence-electron chi connectivity index (χ1n) is 8.55. The van der Waals surface area contributed by atoms with Gasteiger partial charge < -0.3 is 14.5 Å². The van der Waals surface area contributed by atoms with Crippen molar-refractivity contribution in [1.29, 1.82) is 0 Å². The Hall–Kier alpha value is -2.14. The molecule has 2 aliphatic rings. The van der Waals surface area contributed by atoms with Crippen molar-refractivity contribution < 1.29 is 13.9 Å². The van der Waals surface area contributed by atoms with Gasteiger partial charge in [0.05, 0.1) is 0 Å². The SMILES string of the molecule is CC1(NC(=O)c2coc(C3CCOCC3)n2)Cc2ccccc2C1. The van der Waals surface area contributed by atoms with Crippen molar-refractivity contribution in [1.82, 2.24) is 10.3 Å². The predicted octanol–water partition coefficient (Wildman–Crippen LogP) is 2.86. The van der Waals surface area contributed by atoms with Crippen molar-refractivity contribution >= 4 is 5.91 Å². The van der Waals surface area contributed by atoms with Crippen molar-refractivity contribution in [2.24, 2.45) is 0 Å². The Kier molecular flexibility index (Phi) is 3.88. The molecule has 1 aromatic heterocycles. The average molecular weight is 326 g/mol. The van der Waals surface area contributed by atoms with Crippen LogP contribution in [0.15, 0.2) is 34.9 Å². The van der Waals surface area contributed by atoms with Crippen LogP contribution in [0, 0.1) is 0 Å². The molecule has 1 N–H and O–H groups in total. The second kappa shape index (κ2) is 6.06. The number of oxazole rings is 1. The first-order valence-corrected chi connectivity index (χ1v) is 8.55. The summed E-state index contributed by atoms with van der Waals surface area (Å²) < 4.78 is 10.9. The van der Waals surface area contributed by atoms with Crippen LogP contribution >= 0.6 is 0 Å². The number of hydrogen-bond acceptors (Lipinski definition) is 4. The molecule has 1 amide bonds. The number of nitrogens with one attached hydrogen (secondary N) is 1. The molecule has 2 aromatic rings. The summed E-state index contributed by atoms with van der Waals surface area (Å²) in [5.41, 5.74) is 2.72. The molecule has 0 atom stereocenters. The molecule has 1 aromatic carbocycles. The van der Waals surface area contributed by atoms with E-state index in [1.54, 1.807) is 0 Å². The number of fused-ring (bicyclic) bond motifs is 1. The lowest BCUT2D eigenvalue weighted by molar-refractivity contribution is 0.0794. The second-order valence-electron chi connectivity index (χ2n) is 7.09. The Balaban J connectivity index is 1.44. The van der Waals surface area contributed by atoms with E-state index in [9.17, 15) is 4.79 Å². The molecule has 1 aliphatic carbocycles. The minimum atomic E-state index is -0.265. The van der Waals surface area contributed by atoms with Crippen LogP contribution in [0.1, 0.15) is 53.2 Å². The third-order valence-electron chi connectivity index (χ3n) is 5.02. The fourth-order valence-corrected chi connectivity index (χ4v) is 3.76. The molecule has 0 spiro atoms. The van der Waals surface area contributed by atoms with E-state index in [2.05, 4.69) is 29.4 Å². The van der Waals surface area contributed by atoms with E-state index in [1.807, 2.05) is 12.1 Å². The summed E-state index contributed by atoms with van der Waals surface area (Å²) in [5.74, 6) is 0.752. The summed E-state index contributed by atoms with van der Waals surface area (Å²) in [5, 5.41) is 3.15. The molecule has 5 heteroatoms. The monoisotopic (exact) mass is 326 g/mol. The van der Waals surface area contributed by atoms with Crippen LogP contribution in [-0.4, -0.2) is 29.6 Å². The maximum absolute atomic E-state index is 12.6. The quantitative estimate of drug-likeness (QED) is 0.942. The zero-order chi connectivity index (χ0) is 16.6. The van der Waals surface area contributed by atoms with Gasteiger partial charge in [0, 0.05) is 24.7 Å². The Morgan fingerprint density at radius 2 is 1.88 bits per heavy atom. The van der Waals surface area contributed by atoms with Gasteiger partial charge in [0.15, 0.2) is 11.6 Å². The van der Waals surface area contributed by atoms with Crippen LogP contribution in [0.25, 0.3) is 0 Å². The average Bonchev–Trinajstić information content (AvgIpc) is 3.19. The van der Waals surface area contributed by atoms with Crippen LogP contribution in [0.3, 0.4) is 0 Å². The molecular weight excluding hydrogens is 304 g/mol. The second-order valence-corrected chi connectivity index (χ2v) is 7.09. The number of nitrogens with zero attached hydrogens (tertiary/aromatic N) is 1. The largest absolute Gasteiger partial charge is 0.448 e. The molecule has 0 saturated carbocycles. The van der Waals surface area contributed by atoms with Gasteiger partial charge in [-0.15, -0.1) is 0 Å². The normalized spacial score (nSPS) is 19.9. The molecule has 0 bridgehead atoms. The molecule has 1 saturated heterocycles. The fraction of sp³-hybridized carbons (Fsp3) is 0.474. The van der Waals surface area contributed by atoms with Gasteiger partial charge in [-0.1, -0.05) is 24.3 Å². The minimum absolute atomic E-state index is 0.160. The van der Waals surface area contributed by atoms with E-state index in [0.717, 1.165) is 38.9 Å². The van der Waals surface area contributed by atoms with Gasteiger partial charge in [0.1, 0.15) is 6.26 Å². The maximum atomic E-state index is 12.6. The third kappa shape index (κ3) is 2.96. The standard InChI is InChI=1S/C19H22N2O3/c1-19(10-14-4-2-3-5-15(14)11-19)21-17(22)16-12-24-18(20-16)13-6-8-23-9-7-13/h2-5,12-13H,6-11H2,1H3,(H,21,22). The lowest BCUT2D eigenvalue weighted by atomic mass is 9.98. The number of rotatable bonds is 3. The van der Waals surface area contributed by atoms with Gasteiger partial charge >= 0.3 is 0 Å². The molecular formula is C19H22N2O3. The summed E-state index contributed by atoms with van der Waals surface area (Å²) in [6, 6.07) is 8.35. The summed E-state index contributed by atoms with van der Waals surface area (Å²) in [6.07, 6.45) is 4.97. The number of carbonyl (C=O) groups is 1. The molecule has 5 nitrogen and oxygen atoms in total. The Bertz CT molecular complexity index is 722. The van der Waals surface area contributed by atoms with Crippen molar-refractivity contribution in [2.75, 3.05) is 13.2 Å². The predicted molar refractivity (Wildman–Crippen MR) is 89.0 cm³/mol. The summed E-state index contributed by atoms with van der Waals surface area (Å²) in [7, 11) is 0. The number of carbonyl (C=O) groups excluding carboxylic acids is 1. The van der Waals surface area contributed by atoms with Crippen molar-refractivity contribution in [2.45, 2.75) is 44.1 Å². The number of amides is 1. The van der Waals surface area contributed by atoms with Gasteiger partial charge in [-0.2, -0.15) is 0 Å². The lowest BCUT2D eigenvalue weighted by Gasteiger charge is -2.24. The molecule has 1 fully saturated rings. The zero-order valence-corrected chi connectivity index (χ0v) is 13.9. The molecule has 126 valence electrons. The molecule has 24 heavy (non-hydrogen) atoms. The highest BCUT2D eigenvalue weighted by atomic mass is 16.5. The van der Waals surface area contributed by atoms with Gasteiger partial charge in [0.2, 0.25) is 0 Å². The zero-order valence-electron chi connectivity index (χ0n) is 13.9. The van der Waals surface area contributed by atoms with E-state index in [4.69, 9.17) is 9.15 Å². The first-order chi connectivity index (χ1) is 11.6. The van der Waals surface area contributed by atoms with Crippen LogP contribution in [0.5, 0.6) is 0 Å². The van der Waals surface area contributed by atoms with Crippen LogP contribution in [0.4, 0.5) is 0 Å². The summed E-state index contributed by atoms with van der Waals surface area (Å²) in [6.45, 7) is 3.54. The van der Waals surface area contributed by atoms with Crippen LogP contribution in [0.2, 0.25) is 0 Å². The van der Waals surface area contributed by atoms with Gasteiger partial charge in [0.25, 0.3) is 5.91 Å². The lowest BCUT2D eigenvalue weighted by Crippen LogP contribution is -2.46. The summed E-state index contributed by atoms with van der Waals surface area (Å²) >= 11 is 0. The molecule has 1 aliphatic heterocycles. The van der Waals surface area contributed by atoms with Crippen molar-refractivity contribution in [3.05, 3.63) is 53.2 Å². The molecule has 2 heterocycles. The van der Waals surface area contributed by atoms with Crippen molar-refractivity contribution in [3.8, 4) is 0 Å². The number of hydrogen-bond donors (Lipinski definition) is 1. The number of ether oxygens (including phenoxy) is 1. The summed E-state index contributed by atoms with van der Waals surface area (Å²) in [4.78, 5) is 17.0. The van der Waals surface area contributed by atoms with Crippen LogP contribution in [-0.2, 0) is 17.6 Å². The van der Waals surface area contributed by atoms with E-state index in [1.165, 1.54) is 17.4 Å². The molecule has 4 rings (SSSR count). The van der Waals surface area contributed by atoms with Gasteiger partial charge in [-0.25, -0.2) is 4.98 Å². The molecule has 0 radical (unpaired) electrons. The topological polar surface area (TPSA) is 64.4 Å². The van der Waals surface area contributed by atoms with E-state index in [-0.39, 0.29) is 17.4 Å². The highest BCUT2D eigenvalue weighted by Crippen LogP contribution is 2.30. The fourth-order valence-electron chi connectivity index (χ4n) is 3.76. The van der Waals surface area contributed by atoms with Gasteiger partial charge in [-0.3, -0.25) is 4.79 Å². The Morgan fingerprint density at radius 3 is 2.54 bits per heavy atom. The highest BCUT2D eigenvalue weighted by molar-refractivity contribution is 5.92. The molecule has 0 unspecified atom stereocenters. The van der Waals surface area contributed by atoms with Crippen molar-refractivity contribution in [3.63, 3.8) is 0 Å². The smallest absolute Gasteiger partial charge is 0.273 e. The van der Waals surface area contributed by atoms with Crippen LogP contribution < -0.4 is 5.32 Å². The Labute approximate surface area is 141 Å². The van der Waals surface area contributed by atoms with E-state index < -0.39 is 0 Å². The highest BCUT2D eigenvalue weighted by Gasteiger charge is 2.35. The third-order valence-corrected chi connectivity index (χ3v) is 5.02. The number of aromatic nitrogens is 1. The Morgan fingerprint density at radius 1 is 1.21 bits per heavy atom. The minimum Gasteiger partial charge on any atom is -0.448 e.